The van der Waals surface area contributed by atoms with E-state index in [1.807, 2.05) is 42.5 Å². The second-order valence-electron chi connectivity index (χ2n) is 7.45. The van der Waals surface area contributed by atoms with Gasteiger partial charge in [0.05, 0.1) is 17.4 Å². The van der Waals surface area contributed by atoms with Gasteiger partial charge in [-0.2, -0.15) is 9.78 Å². The zero-order valence-corrected chi connectivity index (χ0v) is 15.7. The fourth-order valence-corrected chi connectivity index (χ4v) is 4.31. The van der Waals surface area contributed by atoms with Gasteiger partial charge >= 0.3 is 5.56 Å². The number of hydrogen-bond acceptors (Lipinski definition) is 4. The molecule has 2 aliphatic heterocycles. The summed E-state index contributed by atoms with van der Waals surface area (Å²) >= 11 is 0. The van der Waals surface area contributed by atoms with Crippen molar-refractivity contribution < 1.29 is 9.47 Å². The van der Waals surface area contributed by atoms with Gasteiger partial charge in [-0.3, -0.25) is 4.79 Å². The van der Waals surface area contributed by atoms with Gasteiger partial charge in [-0.25, -0.2) is 0 Å². The highest BCUT2D eigenvalue weighted by atomic mass is 16.5. The summed E-state index contributed by atoms with van der Waals surface area (Å²) in [5, 5.41) is 5.59. The smallest absolute Gasteiger partial charge is 0.314 e. The number of fused-ring (bicyclic) bond motifs is 7. The second-order valence-corrected chi connectivity index (χ2v) is 7.45. The van der Waals surface area contributed by atoms with Crippen molar-refractivity contribution in [1.29, 1.82) is 0 Å². The second kappa shape index (κ2) is 6.32. The highest BCUT2D eigenvalue weighted by Crippen LogP contribution is 2.42. The zero-order valence-electron chi connectivity index (χ0n) is 15.7. The lowest BCUT2D eigenvalue weighted by atomic mass is 10.1. The molecule has 1 saturated heterocycles. The molecule has 2 aliphatic rings. The number of para-hydroxylation sites is 2. The van der Waals surface area contributed by atoms with Crippen LogP contribution in [0.5, 0.6) is 11.5 Å². The molecule has 6 rings (SSSR count). The highest BCUT2D eigenvalue weighted by molar-refractivity contribution is 5.91. The Kier molecular flexibility index (Phi) is 3.61. The number of ether oxygens (including phenoxy) is 2. The number of rotatable bonds is 1. The van der Waals surface area contributed by atoms with Crippen LogP contribution in [0.1, 0.15) is 25.5 Å². The summed E-state index contributed by atoms with van der Waals surface area (Å²) in [6.45, 7) is 0.645. The summed E-state index contributed by atoms with van der Waals surface area (Å²) in [6, 6.07) is 18.1. The largest absolute Gasteiger partial charge is 0.448 e. The molecule has 0 spiro atoms. The van der Waals surface area contributed by atoms with E-state index in [-0.39, 0.29) is 17.5 Å². The van der Waals surface area contributed by atoms with E-state index in [9.17, 15) is 4.79 Å². The lowest BCUT2D eigenvalue weighted by molar-refractivity contribution is -0.0428. The van der Waals surface area contributed by atoms with E-state index in [1.165, 1.54) is 4.68 Å². The normalized spacial score (nSPS) is 17.7. The van der Waals surface area contributed by atoms with E-state index in [0.29, 0.717) is 18.0 Å². The quantitative estimate of drug-likeness (QED) is 0.421. The first kappa shape index (κ1) is 16.6. The van der Waals surface area contributed by atoms with Gasteiger partial charge in [-0.1, -0.05) is 30.3 Å². The summed E-state index contributed by atoms with van der Waals surface area (Å²) in [4.78, 5) is 13.4. The van der Waals surface area contributed by atoms with E-state index in [2.05, 4.69) is 21.8 Å². The van der Waals surface area contributed by atoms with Crippen molar-refractivity contribution in [3.8, 4) is 28.4 Å². The van der Waals surface area contributed by atoms with Crippen molar-refractivity contribution in [1.82, 2.24) is 14.3 Å². The molecule has 0 N–H and O–H groups in total. The van der Waals surface area contributed by atoms with Crippen LogP contribution in [0.15, 0.2) is 65.6 Å². The first-order chi connectivity index (χ1) is 14.3. The van der Waals surface area contributed by atoms with Gasteiger partial charge < -0.3 is 14.0 Å². The third kappa shape index (κ3) is 2.46. The third-order valence-electron chi connectivity index (χ3n) is 5.69. The van der Waals surface area contributed by atoms with Crippen molar-refractivity contribution in [2.75, 3.05) is 6.61 Å². The topological polar surface area (TPSA) is 58.3 Å². The molecule has 2 aromatic heterocycles. The van der Waals surface area contributed by atoms with E-state index >= 15 is 0 Å². The summed E-state index contributed by atoms with van der Waals surface area (Å²) in [5.41, 5.74) is 3.31. The Hall–Kier alpha value is -3.38. The van der Waals surface area contributed by atoms with Gasteiger partial charge in [0.1, 0.15) is 11.4 Å². The Morgan fingerprint density at radius 3 is 2.79 bits per heavy atom. The molecular formula is C23H19N3O3. The fourth-order valence-electron chi connectivity index (χ4n) is 4.31. The average molecular weight is 385 g/mol. The summed E-state index contributed by atoms with van der Waals surface area (Å²) in [5.74, 6) is 0.941. The van der Waals surface area contributed by atoms with Gasteiger partial charge in [0, 0.05) is 17.6 Å². The minimum absolute atomic E-state index is 0.269. The molecule has 0 amide bonds. The summed E-state index contributed by atoms with van der Waals surface area (Å²) in [6.07, 6.45) is 4.19. The Morgan fingerprint density at radius 2 is 1.90 bits per heavy atom. The maximum absolute atomic E-state index is 13.4. The van der Waals surface area contributed by atoms with Crippen LogP contribution in [0.25, 0.3) is 27.8 Å². The van der Waals surface area contributed by atoms with E-state index in [4.69, 9.17) is 9.47 Å². The van der Waals surface area contributed by atoms with Crippen LogP contribution in [0, 0.1) is 0 Å². The first-order valence-electron chi connectivity index (χ1n) is 9.93. The predicted molar refractivity (Wildman–Crippen MR) is 110 cm³/mol. The Labute approximate surface area is 166 Å². The Balaban J connectivity index is 1.66. The Bertz CT molecular complexity index is 1300. The number of nitrogens with zero attached hydrogens (tertiary/aromatic N) is 3. The fraction of sp³-hybridized carbons (Fsp3) is 0.217. The minimum Gasteiger partial charge on any atom is -0.448 e. The molecule has 4 heterocycles. The maximum atomic E-state index is 13.4. The molecule has 4 aromatic rings. The zero-order chi connectivity index (χ0) is 19.4. The van der Waals surface area contributed by atoms with Crippen molar-refractivity contribution >= 4 is 10.9 Å². The maximum Gasteiger partial charge on any atom is 0.314 e. The monoisotopic (exact) mass is 385 g/mol. The third-order valence-corrected chi connectivity index (χ3v) is 5.69. The van der Waals surface area contributed by atoms with Crippen LogP contribution in [0.2, 0.25) is 0 Å². The number of aromatic nitrogens is 3. The molecule has 0 radical (unpaired) electrons. The van der Waals surface area contributed by atoms with Gasteiger partial charge in [-0.05, 0) is 43.5 Å². The predicted octanol–water partition coefficient (Wildman–Crippen LogP) is 4.66. The molecule has 1 atom stereocenters. The van der Waals surface area contributed by atoms with Crippen molar-refractivity contribution in [2.45, 2.75) is 25.5 Å². The van der Waals surface area contributed by atoms with Crippen molar-refractivity contribution in [2.24, 2.45) is 0 Å². The molecule has 6 nitrogen and oxygen atoms in total. The molecule has 0 saturated carbocycles. The van der Waals surface area contributed by atoms with Crippen molar-refractivity contribution in [3.05, 3.63) is 71.1 Å². The molecule has 29 heavy (non-hydrogen) atoms. The van der Waals surface area contributed by atoms with E-state index in [0.717, 1.165) is 41.4 Å². The van der Waals surface area contributed by atoms with Crippen LogP contribution >= 0.6 is 0 Å². The number of benzene rings is 2. The van der Waals surface area contributed by atoms with Gasteiger partial charge in [0.25, 0.3) is 0 Å². The number of hydrogen-bond donors (Lipinski definition) is 0. The highest BCUT2D eigenvalue weighted by Gasteiger charge is 2.28. The summed E-state index contributed by atoms with van der Waals surface area (Å²) in [7, 11) is 0. The molecule has 144 valence electrons. The van der Waals surface area contributed by atoms with E-state index < -0.39 is 0 Å². The first-order valence-corrected chi connectivity index (χ1v) is 9.93. The van der Waals surface area contributed by atoms with Crippen LogP contribution in [-0.4, -0.2) is 21.0 Å². The molecule has 2 aromatic carbocycles. The van der Waals surface area contributed by atoms with E-state index in [1.54, 1.807) is 6.20 Å². The molecular weight excluding hydrogens is 366 g/mol. The molecule has 6 heteroatoms. The van der Waals surface area contributed by atoms with Crippen molar-refractivity contribution in [3.63, 3.8) is 0 Å². The van der Waals surface area contributed by atoms with Crippen LogP contribution in [-0.2, 0) is 4.74 Å². The SMILES string of the molecule is O=c1c2c(cnn1C1CCCCO1)-n1c(cc3ccccc31)-c1ccccc1O2. The summed E-state index contributed by atoms with van der Waals surface area (Å²) < 4.78 is 15.5. The lowest BCUT2D eigenvalue weighted by Gasteiger charge is -2.24. The molecule has 0 aliphatic carbocycles. The van der Waals surface area contributed by atoms with Gasteiger partial charge in [-0.15, -0.1) is 0 Å². The van der Waals surface area contributed by atoms with Crippen LogP contribution < -0.4 is 10.3 Å². The van der Waals surface area contributed by atoms with Gasteiger partial charge in [0.15, 0.2) is 6.23 Å². The molecule has 0 bridgehead atoms. The molecule has 1 unspecified atom stereocenters. The van der Waals surface area contributed by atoms with Crippen LogP contribution in [0.4, 0.5) is 0 Å². The Morgan fingerprint density at radius 1 is 1.03 bits per heavy atom. The average Bonchev–Trinajstić information content (AvgIpc) is 3.08. The lowest BCUT2D eigenvalue weighted by Crippen LogP contribution is -2.32. The standard InChI is InChI=1S/C23H19N3O3/c27-23-22-19(14-24-26(23)21-11-5-6-12-28-21)25-17-9-3-1-7-15(17)13-18(25)16-8-2-4-10-20(16)29-22/h1-4,7-10,13-14,21H,5-6,11-12H2. The minimum atomic E-state index is -0.343. The van der Waals surface area contributed by atoms with Gasteiger partial charge in [0.2, 0.25) is 5.75 Å². The molecule has 1 fully saturated rings. The van der Waals surface area contributed by atoms with Crippen LogP contribution in [0.3, 0.4) is 0 Å².